The number of nitrogens with one attached hydrogen (secondary N) is 2. The van der Waals surface area contributed by atoms with E-state index in [0.29, 0.717) is 13.1 Å². The maximum absolute atomic E-state index is 14.6. The Hall–Kier alpha value is -3.01. The van der Waals surface area contributed by atoms with Crippen molar-refractivity contribution in [3.8, 4) is 18.2 Å². The van der Waals surface area contributed by atoms with E-state index < -0.39 is 23.1 Å². The van der Waals surface area contributed by atoms with E-state index in [1.807, 2.05) is 25.3 Å². The molecule has 5 nitrogen and oxygen atoms in total. The van der Waals surface area contributed by atoms with Crippen molar-refractivity contribution in [3.63, 3.8) is 0 Å². The van der Waals surface area contributed by atoms with Gasteiger partial charge in [-0.15, -0.1) is 0 Å². The van der Waals surface area contributed by atoms with Crippen LogP contribution in [0.2, 0.25) is 0 Å². The van der Waals surface area contributed by atoms with E-state index in [2.05, 4.69) is 6.07 Å². The summed E-state index contributed by atoms with van der Waals surface area (Å²) >= 11 is 0. The molecule has 1 saturated carbocycles. The Morgan fingerprint density at radius 2 is 1.92 bits per heavy atom. The second kappa shape index (κ2) is 6.13. The minimum Gasteiger partial charge on any atom is -0.334 e. The highest BCUT2D eigenvalue weighted by Crippen LogP contribution is 2.52. The van der Waals surface area contributed by atoms with Crippen molar-refractivity contribution in [1.29, 1.82) is 21.2 Å². The molecule has 2 unspecified atom stereocenters. The van der Waals surface area contributed by atoms with Crippen molar-refractivity contribution < 1.29 is 9.29 Å². The van der Waals surface area contributed by atoms with Gasteiger partial charge in [-0.05, 0) is 23.3 Å². The Morgan fingerprint density at radius 1 is 1.24 bits per heavy atom. The van der Waals surface area contributed by atoms with Gasteiger partial charge in [0.2, 0.25) is 0 Å². The fourth-order valence-corrected chi connectivity index (χ4v) is 4.13. The fourth-order valence-electron chi connectivity index (χ4n) is 4.13. The van der Waals surface area contributed by atoms with Crippen LogP contribution in [0.3, 0.4) is 0 Å². The molecule has 0 spiro atoms. The molecule has 3 rings (SSSR count). The first-order chi connectivity index (χ1) is 12.0. The highest BCUT2D eigenvalue weighted by Gasteiger charge is 2.58. The molecule has 1 heterocycles. The van der Waals surface area contributed by atoms with Crippen molar-refractivity contribution in [2.45, 2.75) is 5.92 Å². The van der Waals surface area contributed by atoms with Crippen LogP contribution in [0, 0.1) is 62.5 Å². The number of nitrogens with zero attached hydrogens (tertiary/aromatic N) is 3. The zero-order valence-corrected chi connectivity index (χ0v) is 13.8. The summed E-state index contributed by atoms with van der Waals surface area (Å²) in [5.74, 6) is -2.53. The van der Waals surface area contributed by atoms with Gasteiger partial charge in [0.1, 0.15) is 11.7 Å². The summed E-state index contributed by atoms with van der Waals surface area (Å²) in [7, 11) is 1.98. The quantitative estimate of drug-likeness (QED) is 0.754. The molecule has 1 aliphatic carbocycles. The number of nitriles is 3. The van der Waals surface area contributed by atoms with E-state index >= 15 is 0 Å². The molecule has 0 aromatic heterocycles. The molecule has 1 aromatic carbocycles. The minimum absolute atomic E-state index is 0.240. The minimum atomic E-state index is -1.85. The summed E-state index contributed by atoms with van der Waals surface area (Å²) in [5, 5.41) is 37.7. The van der Waals surface area contributed by atoms with Gasteiger partial charge < -0.3 is 10.3 Å². The lowest BCUT2D eigenvalue weighted by molar-refractivity contribution is -0.878. The summed E-state index contributed by atoms with van der Waals surface area (Å²) in [6.07, 6.45) is 1.92. The maximum atomic E-state index is 14.6. The summed E-state index contributed by atoms with van der Waals surface area (Å²) in [5.41, 5.74) is -1.08. The number of benzene rings is 1. The van der Waals surface area contributed by atoms with Gasteiger partial charge in [-0.1, -0.05) is 18.2 Å². The average Bonchev–Trinajstić information content (AvgIpc) is 2.62. The molecule has 1 aliphatic heterocycles. The average molecular weight is 334 g/mol. The third kappa shape index (κ3) is 2.33. The van der Waals surface area contributed by atoms with E-state index in [1.54, 1.807) is 18.2 Å². The molecule has 0 saturated heterocycles. The number of rotatable bonds is 1. The number of fused-ring (bicyclic) bond motifs is 1. The second-order valence-electron chi connectivity index (χ2n) is 6.68. The standard InChI is InChI=1S/C19H16FN5/c1-25-7-6-12-14(8-21)18(24)19(10-22,11-23)17(15(12)9-25)13-4-2-3-5-16(13)20/h2-6,14-15,17,24H,7,9H2,1H3/p+1/t14?,15-,17+/m1/s1. The highest BCUT2D eigenvalue weighted by atomic mass is 19.1. The van der Waals surface area contributed by atoms with Gasteiger partial charge in [0.05, 0.1) is 44.1 Å². The van der Waals surface area contributed by atoms with Crippen LogP contribution in [0.5, 0.6) is 0 Å². The molecule has 1 aromatic rings. The summed E-state index contributed by atoms with van der Waals surface area (Å²) < 4.78 is 14.6. The van der Waals surface area contributed by atoms with E-state index in [1.165, 1.54) is 6.07 Å². The molecule has 1 fully saturated rings. The van der Waals surface area contributed by atoms with Crippen LogP contribution < -0.4 is 4.90 Å². The van der Waals surface area contributed by atoms with E-state index in [0.717, 1.165) is 10.5 Å². The fraction of sp³-hybridized carbons (Fsp3) is 0.368. The molecule has 6 heteroatoms. The van der Waals surface area contributed by atoms with E-state index in [-0.39, 0.29) is 17.2 Å². The summed E-state index contributed by atoms with van der Waals surface area (Å²) in [4.78, 5) is 1.16. The lowest BCUT2D eigenvalue weighted by Gasteiger charge is -2.45. The van der Waals surface area contributed by atoms with Crippen LogP contribution in [0.25, 0.3) is 0 Å². The molecule has 124 valence electrons. The van der Waals surface area contributed by atoms with Crippen LogP contribution in [-0.2, 0) is 0 Å². The van der Waals surface area contributed by atoms with Crippen molar-refractivity contribution in [2.24, 2.45) is 17.3 Å². The molecule has 4 atom stereocenters. The lowest BCUT2D eigenvalue weighted by Crippen LogP contribution is -3.10. The van der Waals surface area contributed by atoms with Crippen LogP contribution in [0.15, 0.2) is 35.9 Å². The smallest absolute Gasteiger partial charge is 0.190 e. The monoisotopic (exact) mass is 334 g/mol. The Bertz CT molecular complexity index is 868. The molecular weight excluding hydrogens is 317 g/mol. The predicted octanol–water partition coefficient (Wildman–Crippen LogP) is 1.19. The van der Waals surface area contributed by atoms with Crippen LogP contribution in [0.4, 0.5) is 4.39 Å². The normalized spacial score (nSPS) is 30.2. The second-order valence-corrected chi connectivity index (χ2v) is 6.68. The highest BCUT2D eigenvalue weighted by molar-refractivity contribution is 6.00. The van der Waals surface area contributed by atoms with E-state index in [4.69, 9.17) is 5.41 Å². The van der Waals surface area contributed by atoms with Gasteiger partial charge in [-0.25, -0.2) is 4.39 Å². The van der Waals surface area contributed by atoms with Gasteiger partial charge in [-0.2, -0.15) is 15.8 Å². The maximum Gasteiger partial charge on any atom is 0.190 e. The van der Waals surface area contributed by atoms with Crippen LogP contribution >= 0.6 is 0 Å². The molecule has 25 heavy (non-hydrogen) atoms. The zero-order chi connectivity index (χ0) is 18.2. The van der Waals surface area contributed by atoms with Gasteiger partial charge >= 0.3 is 0 Å². The SMILES string of the molecule is C[NH+]1CC=C2C(C#N)C(=N)C(C#N)(C#N)[C@@H](c3ccccc3F)[C@@H]2C1. The van der Waals surface area contributed by atoms with Crippen molar-refractivity contribution in [3.05, 3.63) is 47.3 Å². The number of quaternary nitrogens is 1. The first kappa shape index (κ1) is 16.8. The number of halogens is 1. The molecule has 2 N–H and O–H groups in total. The molecule has 2 aliphatic rings. The zero-order valence-electron chi connectivity index (χ0n) is 13.8. The largest absolute Gasteiger partial charge is 0.334 e. The van der Waals surface area contributed by atoms with Crippen molar-refractivity contribution in [1.82, 2.24) is 0 Å². The molecule has 0 radical (unpaired) electrons. The first-order valence-electron chi connectivity index (χ1n) is 8.06. The molecule has 0 bridgehead atoms. The Morgan fingerprint density at radius 3 is 2.52 bits per heavy atom. The van der Waals surface area contributed by atoms with E-state index in [9.17, 15) is 20.2 Å². The summed E-state index contributed by atoms with van der Waals surface area (Å²) in [6.45, 7) is 1.29. The van der Waals surface area contributed by atoms with Crippen LogP contribution in [-0.4, -0.2) is 25.8 Å². The third-order valence-corrected chi connectivity index (χ3v) is 5.32. The Labute approximate surface area is 145 Å². The van der Waals surface area contributed by atoms with Gasteiger partial charge in [0.15, 0.2) is 5.41 Å². The lowest BCUT2D eigenvalue weighted by atomic mass is 9.54. The number of likely N-dealkylation sites (N-methyl/N-ethyl adjacent to an activating group) is 1. The van der Waals surface area contributed by atoms with Crippen molar-refractivity contribution in [2.75, 3.05) is 20.1 Å². The van der Waals surface area contributed by atoms with Gasteiger partial charge in [0.25, 0.3) is 0 Å². The molecule has 0 amide bonds. The Balaban J connectivity index is 2.30. The molecular formula is C19H17FN5+. The van der Waals surface area contributed by atoms with Crippen molar-refractivity contribution >= 4 is 5.71 Å². The topological polar surface area (TPSA) is 99.7 Å². The van der Waals surface area contributed by atoms with Gasteiger partial charge in [-0.3, -0.25) is 0 Å². The van der Waals surface area contributed by atoms with Crippen LogP contribution in [0.1, 0.15) is 11.5 Å². The first-order valence-corrected chi connectivity index (χ1v) is 8.06. The third-order valence-electron chi connectivity index (χ3n) is 5.32. The number of hydrogen-bond donors (Lipinski definition) is 2. The number of hydrogen-bond acceptors (Lipinski definition) is 4. The summed E-state index contributed by atoms with van der Waals surface area (Å²) in [6, 6.07) is 12.1. The predicted molar refractivity (Wildman–Crippen MR) is 87.8 cm³/mol. The van der Waals surface area contributed by atoms with Gasteiger partial charge in [0, 0.05) is 11.8 Å². The Kier molecular flexibility index (Phi) is 4.13.